The van der Waals surface area contributed by atoms with E-state index in [1.165, 1.54) is 33.9 Å². The number of carbonyl (C=O) groups is 5. The molecule has 0 aliphatic carbocycles. The van der Waals surface area contributed by atoms with Gasteiger partial charge in [0.05, 0.1) is 18.6 Å². The smallest absolute Gasteiger partial charge is 0.284 e. The van der Waals surface area contributed by atoms with Gasteiger partial charge in [-0.15, -0.1) is 0 Å². The summed E-state index contributed by atoms with van der Waals surface area (Å²) in [5.41, 5.74) is 4.79. The Bertz CT molecular complexity index is 1200. The van der Waals surface area contributed by atoms with Gasteiger partial charge in [0.1, 0.15) is 12.2 Å². The Hall–Kier alpha value is -4.09. The minimum atomic E-state index is -1.16. The molecule has 4 N–H and O–H groups in total. The number of imidazole rings is 1. The van der Waals surface area contributed by atoms with Crippen molar-refractivity contribution in [2.24, 2.45) is 18.7 Å². The van der Waals surface area contributed by atoms with E-state index >= 15 is 0 Å². The van der Waals surface area contributed by atoms with Crippen LogP contribution in [-0.2, 0) is 39.2 Å². The molecule has 2 rings (SSSR count). The first kappa shape index (κ1) is 29.1. The Morgan fingerprint density at radius 2 is 1.84 bits per heavy atom. The second-order valence-corrected chi connectivity index (χ2v) is 8.84. The van der Waals surface area contributed by atoms with Gasteiger partial charge in [-0.1, -0.05) is 32.8 Å². The number of primary amides is 1. The summed E-state index contributed by atoms with van der Waals surface area (Å²) >= 11 is 0. The molecule has 12 heteroatoms. The molecule has 0 aliphatic heterocycles. The van der Waals surface area contributed by atoms with Crippen molar-refractivity contribution in [2.45, 2.75) is 58.5 Å². The second-order valence-electron chi connectivity index (χ2n) is 8.84. The Morgan fingerprint density at radius 1 is 1.14 bits per heavy atom. The number of carbonyl (C=O) groups excluding carboxylic acids is 5. The average molecular weight is 515 g/mol. The lowest BCUT2D eigenvalue weighted by atomic mass is 9.99. The number of ketones is 2. The van der Waals surface area contributed by atoms with Crippen LogP contribution >= 0.6 is 0 Å². The zero-order valence-corrected chi connectivity index (χ0v) is 21.4. The van der Waals surface area contributed by atoms with Crippen LogP contribution in [0.5, 0.6) is 0 Å². The van der Waals surface area contributed by atoms with Gasteiger partial charge in [0.25, 0.3) is 17.4 Å². The summed E-state index contributed by atoms with van der Waals surface area (Å²) in [5, 5.41) is 5.38. The number of nitrogens with two attached hydrogens (primary N) is 1. The summed E-state index contributed by atoms with van der Waals surface area (Å²) in [7, 11) is 1.60. The van der Waals surface area contributed by atoms with Crippen LogP contribution in [0.3, 0.4) is 0 Å². The van der Waals surface area contributed by atoms with Crippen LogP contribution in [-0.4, -0.2) is 56.0 Å². The molecule has 0 aromatic carbocycles. The maximum absolute atomic E-state index is 13.1. The van der Waals surface area contributed by atoms with E-state index in [0.29, 0.717) is 12.5 Å². The third kappa shape index (κ3) is 8.51. The fourth-order valence-electron chi connectivity index (χ4n) is 3.72. The van der Waals surface area contributed by atoms with Crippen molar-refractivity contribution in [1.82, 2.24) is 24.8 Å². The van der Waals surface area contributed by atoms with E-state index in [9.17, 15) is 28.8 Å². The van der Waals surface area contributed by atoms with Crippen LogP contribution in [0, 0.1) is 5.92 Å². The number of nitrogens with zero attached hydrogens (tertiary/aromatic N) is 3. The van der Waals surface area contributed by atoms with E-state index in [4.69, 9.17) is 5.73 Å². The number of hydrogen-bond acceptors (Lipinski definition) is 7. The highest BCUT2D eigenvalue weighted by atomic mass is 16.2. The summed E-state index contributed by atoms with van der Waals surface area (Å²) in [5.74, 6) is -3.13. The highest BCUT2D eigenvalue weighted by Gasteiger charge is 2.25. The van der Waals surface area contributed by atoms with E-state index in [1.807, 2.05) is 13.8 Å². The fraction of sp³-hybridized carbons (Fsp3) is 0.480. The predicted molar refractivity (Wildman–Crippen MR) is 134 cm³/mol. The highest BCUT2D eigenvalue weighted by Crippen LogP contribution is 2.08. The molecule has 12 nitrogen and oxygen atoms in total. The molecular weight excluding hydrogens is 480 g/mol. The topological polar surface area (TPSA) is 175 Å². The Morgan fingerprint density at radius 3 is 2.43 bits per heavy atom. The number of rotatable bonds is 15. The molecule has 2 aromatic rings. The third-order valence-corrected chi connectivity index (χ3v) is 6.20. The monoisotopic (exact) mass is 514 g/mol. The fourth-order valence-corrected chi connectivity index (χ4v) is 3.72. The molecule has 0 saturated heterocycles. The quantitative estimate of drug-likeness (QED) is 0.278. The molecule has 0 fully saturated rings. The minimum Gasteiger partial charge on any atom is -0.363 e. The van der Waals surface area contributed by atoms with E-state index in [1.54, 1.807) is 13.1 Å². The van der Waals surface area contributed by atoms with Crippen molar-refractivity contribution in [3.05, 3.63) is 52.5 Å². The minimum absolute atomic E-state index is 0.126. The van der Waals surface area contributed by atoms with Gasteiger partial charge in [0.2, 0.25) is 11.7 Å². The normalized spacial score (nSPS) is 11.7. The average Bonchev–Trinajstić information content (AvgIpc) is 3.30. The molecule has 0 bridgehead atoms. The number of Topliss-reactive ketones (excluding diaryl/α,β-unsaturated/α-hetero) is 2. The van der Waals surface area contributed by atoms with E-state index < -0.39 is 35.0 Å². The SMILES string of the molecule is CCC(CC)CNC(=O)Cn1cccc(CC(=O)[C@H](CCC(=O)C(N)=O)NC(=O)c2cncn2C)c1=O. The molecule has 200 valence electrons. The summed E-state index contributed by atoms with van der Waals surface area (Å²) in [6.07, 6.45) is 5.16. The molecule has 3 amide bonds. The van der Waals surface area contributed by atoms with E-state index in [0.717, 1.165) is 12.8 Å². The number of aryl methyl sites for hydroxylation is 1. The third-order valence-electron chi connectivity index (χ3n) is 6.20. The number of hydrogen-bond donors (Lipinski definition) is 3. The zero-order chi connectivity index (χ0) is 27.5. The number of aromatic nitrogens is 3. The van der Waals surface area contributed by atoms with Crippen LogP contribution in [0.25, 0.3) is 0 Å². The molecule has 2 aromatic heterocycles. The van der Waals surface area contributed by atoms with Gasteiger partial charge >= 0.3 is 0 Å². The Labute approximate surface area is 214 Å². The zero-order valence-electron chi connectivity index (χ0n) is 21.4. The van der Waals surface area contributed by atoms with Crippen molar-refractivity contribution in [3.63, 3.8) is 0 Å². The molecule has 0 aliphatic rings. The van der Waals surface area contributed by atoms with Crippen LogP contribution in [0.2, 0.25) is 0 Å². The second kappa shape index (κ2) is 13.9. The summed E-state index contributed by atoms with van der Waals surface area (Å²) < 4.78 is 2.67. The van der Waals surface area contributed by atoms with Crippen molar-refractivity contribution in [2.75, 3.05) is 6.54 Å². The molecular formula is C25H34N6O6. The van der Waals surface area contributed by atoms with Crippen molar-refractivity contribution in [3.8, 4) is 0 Å². The van der Waals surface area contributed by atoms with Gasteiger partial charge in [-0.3, -0.25) is 28.8 Å². The molecule has 37 heavy (non-hydrogen) atoms. The number of nitrogens with one attached hydrogen (secondary N) is 2. The lowest BCUT2D eigenvalue weighted by Gasteiger charge is -2.18. The Balaban J connectivity index is 2.15. The summed E-state index contributed by atoms with van der Waals surface area (Å²) in [6.45, 7) is 4.40. The van der Waals surface area contributed by atoms with Crippen molar-refractivity contribution in [1.29, 1.82) is 0 Å². The lowest BCUT2D eigenvalue weighted by Crippen LogP contribution is -2.43. The van der Waals surface area contributed by atoms with Gasteiger partial charge in [0, 0.05) is 38.2 Å². The molecule has 1 atom stereocenters. The molecule has 0 radical (unpaired) electrons. The van der Waals surface area contributed by atoms with Crippen LogP contribution in [0.15, 0.2) is 35.6 Å². The van der Waals surface area contributed by atoms with Gasteiger partial charge < -0.3 is 25.5 Å². The van der Waals surface area contributed by atoms with E-state index in [2.05, 4.69) is 15.6 Å². The highest BCUT2D eigenvalue weighted by molar-refractivity contribution is 6.35. The molecule has 0 saturated carbocycles. The van der Waals surface area contributed by atoms with Gasteiger partial charge in [-0.05, 0) is 18.4 Å². The van der Waals surface area contributed by atoms with Crippen molar-refractivity contribution < 1.29 is 24.0 Å². The van der Waals surface area contributed by atoms with Crippen LogP contribution < -0.4 is 21.9 Å². The standard InChI is InChI=1S/C25H34N6O6/c1-4-16(5-2)12-28-22(34)14-31-10-6-7-17(25(31)37)11-21(33)18(8-9-20(32)23(26)35)29-24(36)19-13-27-15-30(19)3/h6-7,10,13,15-16,18H,4-5,8-9,11-12,14H2,1-3H3,(H2,26,35)(H,28,34)(H,29,36)/t18-/m0/s1. The first-order chi connectivity index (χ1) is 17.6. The maximum Gasteiger partial charge on any atom is 0.284 e. The molecule has 0 unspecified atom stereocenters. The van der Waals surface area contributed by atoms with E-state index in [-0.39, 0.29) is 43.0 Å². The van der Waals surface area contributed by atoms with Crippen LogP contribution in [0.4, 0.5) is 0 Å². The first-order valence-electron chi connectivity index (χ1n) is 12.1. The molecule has 2 heterocycles. The number of amides is 3. The molecule has 0 spiro atoms. The maximum atomic E-state index is 13.1. The predicted octanol–water partition coefficient (Wildman–Crippen LogP) is -0.121. The lowest BCUT2D eigenvalue weighted by molar-refractivity contribution is -0.136. The summed E-state index contributed by atoms with van der Waals surface area (Å²) in [6, 6.07) is 1.85. The first-order valence-corrected chi connectivity index (χ1v) is 12.1. The van der Waals surface area contributed by atoms with Gasteiger partial charge in [-0.25, -0.2) is 4.98 Å². The van der Waals surface area contributed by atoms with Gasteiger partial charge in [-0.2, -0.15) is 0 Å². The van der Waals surface area contributed by atoms with Gasteiger partial charge in [0.15, 0.2) is 5.78 Å². The van der Waals surface area contributed by atoms with Crippen molar-refractivity contribution >= 4 is 29.3 Å². The largest absolute Gasteiger partial charge is 0.363 e. The number of pyridine rings is 1. The Kier molecular flexibility index (Phi) is 10.9. The van der Waals surface area contributed by atoms with Crippen LogP contribution in [0.1, 0.15) is 55.6 Å². The summed E-state index contributed by atoms with van der Waals surface area (Å²) in [4.78, 5) is 77.8.